The van der Waals surface area contributed by atoms with Crippen molar-refractivity contribution < 1.29 is 4.74 Å². The van der Waals surface area contributed by atoms with Gasteiger partial charge in [-0.25, -0.2) is 9.97 Å². The zero-order valence-electron chi connectivity index (χ0n) is 15.3. The van der Waals surface area contributed by atoms with Gasteiger partial charge in [0.25, 0.3) is 0 Å². The van der Waals surface area contributed by atoms with Crippen molar-refractivity contribution in [3.63, 3.8) is 0 Å². The number of aromatic nitrogens is 2. The standard InChI is InChI=1S/C21H26N4O/c1-2-22-20-23-14-17(15-24-20)16-25-12-5-9-21(11-13-25)10-8-18-6-3-4-7-19(18)26-21/h3-4,6-8,10,14-15H,2,5,9,11-13,16H2,1H3,(H,22,23,24). The highest BCUT2D eigenvalue weighted by Crippen LogP contribution is 2.37. The van der Waals surface area contributed by atoms with Gasteiger partial charge in [-0.15, -0.1) is 0 Å². The summed E-state index contributed by atoms with van der Waals surface area (Å²) in [5.74, 6) is 1.71. The van der Waals surface area contributed by atoms with Crippen molar-refractivity contribution >= 4 is 12.0 Å². The number of fused-ring (bicyclic) bond motifs is 1. The maximum absolute atomic E-state index is 6.44. The molecule has 0 aliphatic carbocycles. The minimum Gasteiger partial charge on any atom is -0.483 e. The minimum absolute atomic E-state index is 0.158. The van der Waals surface area contributed by atoms with Crippen LogP contribution in [0, 0.1) is 0 Å². The topological polar surface area (TPSA) is 50.3 Å². The molecule has 2 aliphatic rings. The van der Waals surface area contributed by atoms with Crippen molar-refractivity contribution in [1.29, 1.82) is 0 Å². The van der Waals surface area contributed by atoms with Crippen molar-refractivity contribution in [3.8, 4) is 5.75 Å². The Kier molecular flexibility index (Phi) is 4.89. The van der Waals surface area contributed by atoms with Crippen LogP contribution in [-0.2, 0) is 6.54 Å². The monoisotopic (exact) mass is 350 g/mol. The summed E-state index contributed by atoms with van der Waals surface area (Å²) in [5.41, 5.74) is 2.18. The van der Waals surface area contributed by atoms with Crippen LogP contribution in [0.15, 0.2) is 42.7 Å². The number of para-hydroxylation sites is 1. The Hall–Kier alpha value is -2.40. The van der Waals surface area contributed by atoms with Gasteiger partial charge in [0.2, 0.25) is 5.95 Å². The van der Waals surface area contributed by atoms with Crippen LogP contribution < -0.4 is 10.1 Å². The van der Waals surface area contributed by atoms with Crippen LogP contribution in [0.5, 0.6) is 5.75 Å². The highest BCUT2D eigenvalue weighted by atomic mass is 16.5. The molecule has 0 radical (unpaired) electrons. The molecule has 3 heterocycles. The van der Waals surface area contributed by atoms with Gasteiger partial charge in [-0.1, -0.05) is 24.3 Å². The molecule has 5 heteroatoms. The molecule has 0 amide bonds. The number of hydrogen-bond acceptors (Lipinski definition) is 5. The lowest BCUT2D eigenvalue weighted by Gasteiger charge is -2.34. The normalized spacial score (nSPS) is 22.5. The van der Waals surface area contributed by atoms with Gasteiger partial charge in [0.05, 0.1) is 0 Å². The van der Waals surface area contributed by atoms with Gasteiger partial charge < -0.3 is 10.1 Å². The predicted molar refractivity (Wildman–Crippen MR) is 104 cm³/mol. The molecule has 2 aromatic rings. The van der Waals surface area contributed by atoms with Crippen LogP contribution >= 0.6 is 0 Å². The summed E-state index contributed by atoms with van der Waals surface area (Å²) in [4.78, 5) is 11.2. The maximum Gasteiger partial charge on any atom is 0.222 e. The average Bonchev–Trinajstić information content (AvgIpc) is 2.86. The summed E-state index contributed by atoms with van der Waals surface area (Å²) in [5, 5.41) is 3.14. The van der Waals surface area contributed by atoms with E-state index < -0.39 is 0 Å². The van der Waals surface area contributed by atoms with E-state index in [2.05, 4.69) is 50.5 Å². The highest BCUT2D eigenvalue weighted by molar-refractivity contribution is 5.60. The van der Waals surface area contributed by atoms with Crippen LogP contribution in [0.4, 0.5) is 5.95 Å². The molecule has 1 saturated heterocycles. The van der Waals surface area contributed by atoms with Crippen molar-refractivity contribution in [3.05, 3.63) is 53.9 Å². The lowest BCUT2D eigenvalue weighted by atomic mass is 9.91. The van der Waals surface area contributed by atoms with Gasteiger partial charge >= 0.3 is 0 Å². The van der Waals surface area contributed by atoms with E-state index in [1.165, 1.54) is 5.56 Å². The molecule has 1 aromatic heterocycles. The van der Waals surface area contributed by atoms with Crippen LogP contribution in [0.2, 0.25) is 0 Å². The molecule has 136 valence electrons. The van der Waals surface area contributed by atoms with Gasteiger partial charge in [-0.05, 0) is 38.5 Å². The molecule has 1 N–H and O–H groups in total. The van der Waals surface area contributed by atoms with E-state index in [0.29, 0.717) is 5.95 Å². The lowest BCUT2D eigenvalue weighted by Crippen LogP contribution is -2.36. The summed E-state index contributed by atoms with van der Waals surface area (Å²) < 4.78 is 6.44. The minimum atomic E-state index is -0.158. The molecule has 2 aliphatic heterocycles. The van der Waals surface area contributed by atoms with Crippen LogP contribution in [0.1, 0.15) is 37.3 Å². The molecule has 1 unspecified atom stereocenters. The molecule has 1 fully saturated rings. The van der Waals surface area contributed by atoms with Gasteiger partial charge in [0.1, 0.15) is 11.4 Å². The molecular formula is C21H26N4O. The quantitative estimate of drug-likeness (QED) is 0.910. The number of hydrogen-bond donors (Lipinski definition) is 1. The fourth-order valence-corrected chi connectivity index (χ4v) is 3.76. The van der Waals surface area contributed by atoms with E-state index >= 15 is 0 Å². The Morgan fingerprint density at radius 2 is 2.00 bits per heavy atom. The molecule has 26 heavy (non-hydrogen) atoms. The summed E-state index contributed by atoms with van der Waals surface area (Å²) in [6.07, 6.45) is 11.5. The van der Waals surface area contributed by atoms with Crippen LogP contribution in [0.25, 0.3) is 6.08 Å². The maximum atomic E-state index is 6.44. The zero-order chi connectivity index (χ0) is 17.8. The fourth-order valence-electron chi connectivity index (χ4n) is 3.76. The van der Waals surface area contributed by atoms with Crippen molar-refractivity contribution in [2.24, 2.45) is 0 Å². The zero-order valence-corrected chi connectivity index (χ0v) is 15.3. The second kappa shape index (κ2) is 7.46. The number of benzene rings is 1. The number of ether oxygens (including phenoxy) is 1. The van der Waals surface area contributed by atoms with Gasteiger partial charge in [-0.3, -0.25) is 4.90 Å². The second-order valence-corrected chi connectivity index (χ2v) is 7.11. The molecule has 1 aromatic carbocycles. The summed E-state index contributed by atoms with van der Waals surface area (Å²) in [6, 6.07) is 8.29. The summed E-state index contributed by atoms with van der Waals surface area (Å²) >= 11 is 0. The summed E-state index contributed by atoms with van der Waals surface area (Å²) in [7, 11) is 0. The lowest BCUT2D eigenvalue weighted by molar-refractivity contribution is 0.0990. The molecule has 0 saturated carbocycles. The van der Waals surface area contributed by atoms with Crippen molar-refractivity contribution in [1.82, 2.24) is 14.9 Å². The molecule has 4 rings (SSSR count). The van der Waals surface area contributed by atoms with Gasteiger partial charge in [-0.2, -0.15) is 0 Å². The smallest absolute Gasteiger partial charge is 0.222 e. The third-order valence-electron chi connectivity index (χ3n) is 5.17. The third kappa shape index (κ3) is 3.73. The predicted octanol–water partition coefficient (Wildman–Crippen LogP) is 3.74. The Morgan fingerprint density at radius 3 is 2.85 bits per heavy atom. The van der Waals surface area contributed by atoms with E-state index in [4.69, 9.17) is 4.74 Å². The largest absolute Gasteiger partial charge is 0.483 e. The van der Waals surface area contributed by atoms with E-state index in [1.807, 2.05) is 25.4 Å². The highest BCUT2D eigenvalue weighted by Gasteiger charge is 2.34. The first-order valence-electron chi connectivity index (χ1n) is 9.51. The van der Waals surface area contributed by atoms with Crippen LogP contribution in [-0.4, -0.2) is 40.1 Å². The number of nitrogens with zero attached hydrogens (tertiary/aromatic N) is 3. The number of rotatable bonds is 4. The number of likely N-dealkylation sites (tertiary alicyclic amines) is 1. The fraction of sp³-hybridized carbons (Fsp3) is 0.429. The molecule has 5 nitrogen and oxygen atoms in total. The van der Waals surface area contributed by atoms with Gasteiger partial charge in [0, 0.05) is 49.6 Å². The second-order valence-electron chi connectivity index (χ2n) is 7.11. The van der Waals surface area contributed by atoms with E-state index in [1.54, 1.807) is 0 Å². The Morgan fingerprint density at radius 1 is 1.15 bits per heavy atom. The Labute approximate surface area is 155 Å². The third-order valence-corrected chi connectivity index (χ3v) is 5.17. The first-order chi connectivity index (χ1) is 12.8. The van der Waals surface area contributed by atoms with Crippen LogP contribution in [0.3, 0.4) is 0 Å². The SMILES string of the molecule is CCNc1ncc(CN2CCCC3(C=Cc4ccccc4O3)CC2)cn1. The molecule has 1 spiro atoms. The Balaban J connectivity index is 1.39. The van der Waals surface area contributed by atoms with Crippen molar-refractivity contribution in [2.45, 2.75) is 38.3 Å². The molecular weight excluding hydrogens is 324 g/mol. The average molecular weight is 350 g/mol. The molecule has 0 bridgehead atoms. The first-order valence-corrected chi connectivity index (χ1v) is 9.51. The van der Waals surface area contributed by atoms with E-state index in [-0.39, 0.29) is 5.60 Å². The number of nitrogens with one attached hydrogen (secondary N) is 1. The first kappa shape index (κ1) is 17.0. The summed E-state index contributed by atoms with van der Waals surface area (Å²) in [6.45, 7) is 5.87. The van der Waals surface area contributed by atoms with E-state index in [9.17, 15) is 0 Å². The van der Waals surface area contributed by atoms with E-state index in [0.717, 1.165) is 56.8 Å². The van der Waals surface area contributed by atoms with Crippen molar-refractivity contribution in [2.75, 3.05) is 25.0 Å². The van der Waals surface area contributed by atoms with Gasteiger partial charge in [0.15, 0.2) is 0 Å². The molecule has 1 atom stereocenters. The Bertz CT molecular complexity index is 774. The number of anilines is 1.